The molecule has 3 heteroatoms. The molecule has 0 atom stereocenters. The van der Waals surface area contributed by atoms with Gasteiger partial charge in [0.2, 0.25) is 0 Å². The summed E-state index contributed by atoms with van der Waals surface area (Å²) in [5.74, 6) is 0. The topological polar surface area (TPSA) is 24.7 Å². The number of hydrogen-bond donors (Lipinski definition) is 0. The Morgan fingerprint density at radius 2 is 2.38 bits per heavy atom. The monoisotopic (exact) mass is 130 g/mol. The van der Waals surface area contributed by atoms with Crippen molar-refractivity contribution in [2.75, 3.05) is 0 Å². The lowest BCUT2D eigenvalue weighted by Gasteiger charge is -1.79. The standard InChI is InChI=1S/C5H7ClN2/c1-3-5(6)8-4-7-2/h3-4H,2H2,1H3/b5-3-,8-4-. The maximum absolute atomic E-state index is 5.42. The normalized spacial score (nSPS) is 12.5. The van der Waals surface area contributed by atoms with E-state index in [0.717, 1.165) is 0 Å². The van der Waals surface area contributed by atoms with Crippen LogP contribution in [-0.2, 0) is 0 Å². The van der Waals surface area contributed by atoms with Gasteiger partial charge in [0.15, 0.2) is 0 Å². The second-order valence-corrected chi connectivity index (χ2v) is 1.43. The molecule has 0 aliphatic carbocycles. The fraction of sp³-hybridized carbons (Fsp3) is 0.200. The first-order valence-corrected chi connectivity index (χ1v) is 2.49. The zero-order valence-electron chi connectivity index (χ0n) is 4.63. The molecule has 0 spiro atoms. The summed E-state index contributed by atoms with van der Waals surface area (Å²) in [6, 6.07) is 0. The van der Waals surface area contributed by atoms with Crippen LogP contribution in [0.25, 0.3) is 0 Å². The van der Waals surface area contributed by atoms with Crippen molar-refractivity contribution in [2.24, 2.45) is 9.98 Å². The van der Waals surface area contributed by atoms with Crippen LogP contribution < -0.4 is 0 Å². The van der Waals surface area contributed by atoms with Gasteiger partial charge in [-0.15, -0.1) is 0 Å². The Labute approximate surface area is 53.6 Å². The van der Waals surface area contributed by atoms with Gasteiger partial charge in [-0.1, -0.05) is 17.7 Å². The molecule has 0 aliphatic rings. The van der Waals surface area contributed by atoms with Crippen LogP contribution in [0.15, 0.2) is 21.2 Å². The van der Waals surface area contributed by atoms with Crippen LogP contribution in [0.2, 0.25) is 0 Å². The highest BCUT2D eigenvalue weighted by Gasteiger charge is 1.75. The predicted octanol–water partition coefficient (Wildman–Crippen LogP) is 1.82. The van der Waals surface area contributed by atoms with Crippen molar-refractivity contribution >= 4 is 24.7 Å². The quantitative estimate of drug-likeness (QED) is 0.310. The molecule has 0 aliphatic heterocycles. The van der Waals surface area contributed by atoms with Crippen molar-refractivity contribution in [1.29, 1.82) is 0 Å². The molecule has 0 amide bonds. The van der Waals surface area contributed by atoms with Gasteiger partial charge in [-0.3, -0.25) is 4.99 Å². The summed E-state index contributed by atoms with van der Waals surface area (Å²) in [4.78, 5) is 6.99. The third-order valence-corrected chi connectivity index (χ3v) is 0.817. The Bertz CT molecular complexity index is 126. The zero-order chi connectivity index (χ0) is 6.41. The van der Waals surface area contributed by atoms with E-state index in [4.69, 9.17) is 11.6 Å². The third-order valence-electron chi connectivity index (χ3n) is 0.501. The van der Waals surface area contributed by atoms with Gasteiger partial charge in [0.1, 0.15) is 11.5 Å². The lowest BCUT2D eigenvalue weighted by Crippen LogP contribution is -1.63. The number of halogens is 1. The van der Waals surface area contributed by atoms with Crippen molar-refractivity contribution in [3.63, 3.8) is 0 Å². The van der Waals surface area contributed by atoms with Gasteiger partial charge in [-0.25, -0.2) is 4.99 Å². The summed E-state index contributed by atoms with van der Waals surface area (Å²) in [7, 11) is 0. The molecule has 0 radical (unpaired) electrons. The minimum absolute atomic E-state index is 0.428. The summed E-state index contributed by atoms with van der Waals surface area (Å²) in [5.41, 5.74) is 0. The first-order valence-electron chi connectivity index (χ1n) is 2.11. The van der Waals surface area contributed by atoms with Crippen molar-refractivity contribution in [2.45, 2.75) is 6.92 Å². The molecule has 0 unspecified atom stereocenters. The summed E-state index contributed by atoms with van der Waals surface area (Å²) in [6.45, 7) is 4.98. The van der Waals surface area contributed by atoms with E-state index in [-0.39, 0.29) is 0 Å². The van der Waals surface area contributed by atoms with Crippen molar-refractivity contribution in [1.82, 2.24) is 0 Å². The number of hydrogen-bond acceptors (Lipinski definition) is 1. The minimum Gasteiger partial charge on any atom is -0.253 e. The van der Waals surface area contributed by atoms with Crippen LogP contribution in [0, 0.1) is 0 Å². The first kappa shape index (κ1) is 7.37. The molecule has 0 aromatic heterocycles. The molecule has 44 valence electrons. The fourth-order valence-electron chi connectivity index (χ4n) is 0.171. The number of nitrogens with zero attached hydrogens (tertiary/aromatic N) is 2. The first-order chi connectivity index (χ1) is 3.81. The minimum atomic E-state index is 0.428. The summed E-state index contributed by atoms with van der Waals surface area (Å²) in [5, 5.41) is 0.428. The van der Waals surface area contributed by atoms with Crippen LogP contribution in [0.4, 0.5) is 0 Å². The number of allylic oxidation sites excluding steroid dienone is 1. The van der Waals surface area contributed by atoms with E-state index >= 15 is 0 Å². The fourth-order valence-corrected chi connectivity index (χ4v) is 0.214. The van der Waals surface area contributed by atoms with Gasteiger partial charge in [-0.2, -0.15) is 0 Å². The van der Waals surface area contributed by atoms with Crippen molar-refractivity contribution < 1.29 is 0 Å². The molecule has 0 aromatic rings. The number of aliphatic imine (C=N–C) groups is 2. The van der Waals surface area contributed by atoms with E-state index in [9.17, 15) is 0 Å². The van der Waals surface area contributed by atoms with Crippen LogP contribution in [0.1, 0.15) is 6.92 Å². The molecule has 0 aromatic carbocycles. The second-order valence-electron chi connectivity index (χ2n) is 1.04. The maximum Gasteiger partial charge on any atom is 0.126 e. The van der Waals surface area contributed by atoms with Gasteiger partial charge < -0.3 is 0 Å². The van der Waals surface area contributed by atoms with Gasteiger partial charge in [0, 0.05) is 0 Å². The van der Waals surface area contributed by atoms with E-state index in [1.807, 2.05) is 0 Å². The Kier molecular flexibility index (Phi) is 4.17. The number of rotatable bonds is 2. The Morgan fingerprint density at radius 3 is 2.75 bits per heavy atom. The Hall–Kier alpha value is -0.630. The van der Waals surface area contributed by atoms with E-state index in [1.165, 1.54) is 6.34 Å². The molecular formula is C5H7ClN2. The lowest BCUT2D eigenvalue weighted by atomic mass is 10.7. The van der Waals surface area contributed by atoms with Gasteiger partial charge in [-0.05, 0) is 13.6 Å². The molecule has 0 saturated carbocycles. The van der Waals surface area contributed by atoms with E-state index in [1.54, 1.807) is 13.0 Å². The van der Waals surface area contributed by atoms with Crippen LogP contribution in [0.3, 0.4) is 0 Å². The molecule has 0 fully saturated rings. The summed E-state index contributed by atoms with van der Waals surface area (Å²) < 4.78 is 0. The molecule has 8 heavy (non-hydrogen) atoms. The summed E-state index contributed by atoms with van der Waals surface area (Å²) >= 11 is 5.42. The van der Waals surface area contributed by atoms with E-state index in [2.05, 4.69) is 16.7 Å². The predicted molar refractivity (Wildman–Crippen MR) is 37.7 cm³/mol. The van der Waals surface area contributed by atoms with Crippen LogP contribution >= 0.6 is 11.6 Å². The largest absolute Gasteiger partial charge is 0.253 e. The molecule has 0 N–H and O–H groups in total. The van der Waals surface area contributed by atoms with Gasteiger partial charge in [0.05, 0.1) is 0 Å². The molecule has 2 nitrogen and oxygen atoms in total. The average Bonchev–Trinajstić information content (AvgIpc) is 1.83. The molecule has 0 saturated heterocycles. The Balaban J connectivity index is 3.69. The van der Waals surface area contributed by atoms with E-state index < -0.39 is 0 Å². The SMILES string of the molecule is C=N/C=N\C(Cl)=C/C. The molecule has 0 heterocycles. The highest BCUT2D eigenvalue weighted by Crippen LogP contribution is 1.99. The van der Waals surface area contributed by atoms with Crippen LogP contribution in [-0.4, -0.2) is 13.1 Å². The smallest absolute Gasteiger partial charge is 0.126 e. The van der Waals surface area contributed by atoms with Crippen molar-refractivity contribution in [3.05, 3.63) is 11.2 Å². The average molecular weight is 131 g/mol. The summed E-state index contributed by atoms with van der Waals surface area (Å²) in [6.07, 6.45) is 2.96. The second kappa shape index (κ2) is 4.53. The maximum atomic E-state index is 5.42. The van der Waals surface area contributed by atoms with Crippen LogP contribution in [0.5, 0.6) is 0 Å². The van der Waals surface area contributed by atoms with Crippen molar-refractivity contribution in [3.8, 4) is 0 Å². The molecule has 0 bridgehead atoms. The zero-order valence-corrected chi connectivity index (χ0v) is 5.39. The van der Waals surface area contributed by atoms with E-state index in [0.29, 0.717) is 5.16 Å². The molecular weight excluding hydrogens is 124 g/mol. The highest BCUT2D eigenvalue weighted by atomic mass is 35.5. The highest BCUT2D eigenvalue weighted by molar-refractivity contribution is 6.29. The van der Waals surface area contributed by atoms with Gasteiger partial charge in [0.25, 0.3) is 0 Å². The van der Waals surface area contributed by atoms with Gasteiger partial charge >= 0.3 is 0 Å². The third kappa shape index (κ3) is 3.56. The Morgan fingerprint density at radius 1 is 1.75 bits per heavy atom. The molecule has 0 rings (SSSR count). The lowest BCUT2D eigenvalue weighted by molar-refractivity contribution is 1.47.